The number of alkyl halides is 3. The largest absolute Gasteiger partial charge is 0.433 e. The smallest absolute Gasteiger partial charge is 0.399 e. The molecule has 2 aromatic heterocycles. The average molecular weight is 500 g/mol. The van der Waals surface area contributed by atoms with E-state index in [9.17, 15) is 27.6 Å². The van der Waals surface area contributed by atoms with Crippen LogP contribution in [0, 0.1) is 5.92 Å². The third kappa shape index (κ3) is 4.16. The van der Waals surface area contributed by atoms with Crippen molar-refractivity contribution in [2.75, 3.05) is 11.1 Å². The van der Waals surface area contributed by atoms with Crippen LogP contribution in [0.25, 0.3) is 10.9 Å². The van der Waals surface area contributed by atoms with Gasteiger partial charge in [-0.3, -0.25) is 19.1 Å². The lowest BCUT2D eigenvalue weighted by Gasteiger charge is -2.34. The van der Waals surface area contributed by atoms with Crippen molar-refractivity contribution < 1.29 is 27.6 Å². The molecule has 9 nitrogen and oxygen atoms in total. The first-order chi connectivity index (χ1) is 17.0. The maximum atomic E-state index is 13.5. The highest BCUT2D eigenvalue weighted by molar-refractivity contribution is 6.06. The molecule has 3 aromatic rings. The summed E-state index contributed by atoms with van der Waals surface area (Å²) in [5.74, 6) is -1.55. The number of halogens is 3. The molecule has 2 bridgehead atoms. The van der Waals surface area contributed by atoms with E-state index in [1.54, 1.807) is 18.2 Å². The summed E-state index contributed by atoms with van der Waals surface area (Å²) in [6.07, 6.45) is -2.54. The Hall–Kier alpha value is -3.96. The molecule has 36 heavy (non-hydrogen) atoms. The Kier molecular flexibility index (Phi) is 5.68. The lowest BCUT2D eigenvalue weighted by molar-refractivity contribution is -0.141. The van der Waals surface area contributed by atoms with Gasteiger partial charge >= 0.3 is 6.18 Å². The number of hydrogen-bond acceptors (Lipinski definition) is 6. The molecule has 3 atom stereocenters. The first-order valence-electron chi connectivity index (χ1n) is 11.5. The van der Waals surface area contributed by atoms with Crippen molar-refractivity contribution in [2.24, 2.45) is 5.92 Å². The van der Waals surface area contributed by atoms with Crippen molar-refractivity contribution in [3.05, 3.63) is 47.8 Å². The molecule has 12 heteroatoms. The summed E-state index contributed by atoms with van der Waals surface area (Å²) < 4.78 is 40.5. The molecule has 3 N–H and O–H groups in total. The second-order valence-electron chi connectivity index (χ2n) is 9.21. The van der Waals surface area contributed by atoms with E-state index in [1.165, 1.54) is 22.6 Å². The highest BCUT2D eigenvalue weighted by atomic mass is 19.4. The number of nitrogens with one attached hydrogen (secondary N) is 1. The van der Waals surface area contributed by atoms with E-state index in [4.69, 9.17) is 5.73 Å². The van der Waals surface area contributed by atoms with Crippen LogP contribution in [0.3, 0.4) is 0 Å². The van der Waals surface area contributed by atoms with Gasteiger partial charge in [0.1, 0.15) is 29.8 Å². The summed E-state index contributed by atoms with van der Waals surface area (Å²) >= 11 is 0. The molecule has 1 aliphatic carbocycles. The SMILES string of the molecule is CC(=O)c1nn(CC(=O)N2[C@@H]3CC[C@@H](C3)[C@H]2C(=O)Nc2cccc(C(F)(F)F)n2)c2ccc(N)cc12. The van der Waals surface area contributed by atoms with Crippen molar-refractivity contribution in [3.8, 4) is 0 Å². The monoisotopic (exact) mass is 500 g/mol. The number of amides is 2. The van der Waals surface area contributed by atoms with Crippen LogP contribution in [0.15, 0.2) is 36.4 Å². The lowest BCUT2D eigenvalue weighted by atomic mass is 9.97. The summed E-state index contributed by atoms with van der Waals surface area (Å²) in [5, 5.41) is 7.31. The topological polar surface area (TPSA) is 123 Å². The highest BCUT2D eigenvalue weighted by Crippen LogP contribution is 2.43. The molecule has 0 unspecified atom stereocenters. The zero-order valence-corrected chi connectivity index (χ0v) is 19.2. The number of likely N-dealkylation sites (tertiary alicyclic amines) is 1. The Bertz CT molecular complexity index is 1390. The van der Waals surface area contributed by atoms with E-state index in [0.29, 0.717) is 23.0 Å². The Labute approximate surface area is 203 Å². The van der Waals surface area contributed by atoms with Crippen molar-refractivity contribution in [3.63, 3.8) is 0 Å². The molecule has 2 amide bonds. The number of aromatic nitrogens is 3. The molecule has 3 heterocycles. The van der Waals surface area contributed by atoms with E-state index in [-0.39, 0.29) is 41.7 Å². The van der Waals surface area contributed by atoms with Gasteiger partial charge in [-0.2, -0.15) is 18.3 Å². The van der Waals surface area contributed by atoms with Crippen molar-refractivity contribution in [2.45, 2.75) is 51.0 Å². The lowest BCUT2D eigenvalue weighted by Crippen LogP contribution is -2.52. The van der Waals surface area contributed by atoms with Crippen LogP contribution < -0.4 is 11.1 Å². The van der Waals surface area contributed by atoms with E-state index in [0.717, 1.165) is 25.0 Å². The minimum atomic E-state index is -4.65. The Morgan fingerprint density at radius 3 is 2.67 bits per heavy atom. The number of nitrogens with zero attached hydrogens (tertiary/aromatic N) is 4. The number of pyridine rings is 1. The number of Topliss-reactive ketones (excluding diaryl/α,β-unsaturated/α-hetero) is 1. The number of anilines is 2. The molecule has 188 valence electrons. The Morgan fingerprint density at radius 2 is 1.94 bits per heavy atom. The fourth-order valence-electron chi connectivity index (χ4n) is 5.33. The molecule has 2 aliphatic rings. The van der Waals surface area contributed by atoms with E-state index < -0.39 is 23.8 Å². The van der Waals surface area contributed by atoms with E-state index in [1.807, 2.05) is 0 Å². The molecule has 5 rings (SSSR count). The zero-order chi connectivity index (χ0) is 25.8. The maximum Gasteiger partial charge on any atom is 0.433 e. The first kappa shape index (κ1) is 23.8. The van der Waals surface area contributed by atoms with Crippen molar-refractivity contribution >= 4 is 40.0 Å². The number of fused-ring (bicyclic) bond motifs is 3. The van der Waals surface area contributed by atoms with Gasteiger partial charge in [-0.1, -0.05) is 6.07 Å². The third-order valence-corrected chi connectivity index (χ3v) is 6.83. The summed E-state index contributed by atoms with van der Waals surface area (Å²) in [7, 11) is 0. The molecule has 1 aliphatic heterocycles. The summed E-state index contributed by atoms with van der Waals surface area (Å²) in [5.41, 5.74) is 5.94. The fraction of sp³-hybridized carbons (Fsp3) is 0.375. The van der Waals surface area contributed by atoms with Gasteiger partial charge < -0.3 is 16.0 Å². The van der Waals surface area contributed by atoms with Gasteiger partial charge in [0.25, 0.3) is 0 Å². The summed E-state index contributed by atoms with van der Waals surface area (Å²) in [4.78, 5) is 43.7. The van der Waals surface area contributed by atoms with Crippen LogP contribution >= 0.6 is 0 Å². The van der Waals surface area contributed by atoms with Crippen LogP contribution in [0.4, 0.5) is 24.7 Å². The van der Waals surface area contributed by atoms with Gasteiger partial charge in [-0.15, -0.1) is 0 Å². The number of hydrogen-bond donors (Lipinski definition) is 2. The van der Waals surface area contributed by atoms with Crippen LogP contribution in [0.2, 0.25) is 0 Å². The number of benzene rings is 1. The molecule has 2 fully saturated rings. The Morgan fingerprint density at radius 1 is 1.17 bits per heavy atom. The number of carbonyl (C=O) groups excluding carboxylic acids is 3. The number of rotatable bonds is 5. The normalized spacial score (nSPS) is 21.2. The Balaban J connectivity index is 1.40. The number of ketones is 1. The minimum Gasteiger partial charge on any atom is -0.399 e. The van der Waals surface area contributed by atoms with E-state index in [2.05, 4.69) is 15.4 Å². The standard InChI is InChI=1S/C24H23F3N6O3/c1-12(34)21-16-10-14(28)6-8-17(16)32(31-21)11-20(35)33-15-7-5-13(9-15)22(33)23(36)30-19-4-2-3-18(29-19)24(25,26)27/h2-4,6,8,10,13,15,22H,5,7,9,11,28H2,1H3,(H,29,30,36)/t13-,15+,22-/m0/s1. The molecular formula is C24H23F3N6O3. The van der Waals surface area contributed by atoms with Crippen molar-refractivity contribution in [1.82, 2.24) is 19.7 Å². The zero-order valence-electron chi connectivity index (χ0n) is 19.2. The quantitative estimate of drug-likeness (QED) is 0.410. The minimum absolute atomic E-state index is 0.105. The fourth-order valence-corrected chi connectivity index (χ4v) is 5.33. The van der Waals surface area contributed by atoms with Gasteiger partial charge in [0, 0.05) is 24.0 Å². The van der Waals surface area contributed by atoms with Crippen LogP contribution in [-0.2, 0) is 22.3 Å². The molecule has 1 aromatic carbocycles. The predicted octanol–water partition coefficient (Wildman–Crippen LogP) is 3.25. The van der Waals surface area contributed by atoms with Crippen LogP contribution in [-0.4, -0.2) is 49.3 Å². The molecule has 0 radical (unpaired) electrons. The number of nitrogens with two attached hydrogens (primary N) is 1. The van der Waals surface area contributed by atoms with Gasteiger partial charge in [0.2, 0.25) is 11.8 Å². The van der Waals surface area contributed by atoms with Crippen LogP contribution in [0.5, 0.6) is 0 Å². The predicted molar refractivity (Wildman–Crippen MR) is 124 cm³/mol. The number of carbonyl (C=O) groups is 3. The van der Waals surface area contributed by atoms with Crippen molar-refractivity contribution in [1.29, 1.82) is 0 Å². The second-order valence-corrected chi connectivity index (χ2v) is 9.21. The first-order valence-corrected chi connectivity index (χ1v) is 11.5. The second kappa shape index (κ2) is 8.61. The average Bonchev–Trinajstić information content (AvgIpc) is 3.52. The maximum absolute atomic E-state index is 13.5. The summed E-state index contributed by atoms with van der Waals surface area (Å²) in [6, 6.07) is 7.21. The van der Waals surface area contributed by atoms with Gasteiger partial charge in [-0.05, 0) is 55.5 Å². The number of nitrogen functional groups attached to an aromatic ring is 1. The molecule has 0 spiro atoms. The molecule has 1 saturated carbocycles. The van der Waals surface area contributed by atoms with Crippen LogP contribution in [0.1, 0.15) is 42.4 Å². The number of piperidine rings is 1. The molecule has 1 saturated heterocycles. The third-order valence-electron chi connectivity index (χ3n) is 6.83. The van der Waals surface area contributed by atoms with E-state index >= 15 is 0 Å². The van der Waals surface area contributed by atoms with Gasteiger partial charge in [0.05, 0.1) is 5.52 Å². The molecular weight excluding hydrogens is 477 g/mol. The highest BCUT2D eigenvalue weighted by Gasteiger charge is 2.51. The summed E-state index contributed by atoms with van der Waals surface area (Å²) in [6.45, 7) is 1.17. The van der Waals surface area contributed by atoms with Gasteiger partial charge in [0.15, 0.2) is 5.78 Å². The van der Waals surface area contributed by atoms with Gasteiger partial charge in [-0.25, -0.2) is 4.98 Å².